The zero-order valence-electron chi connectivity index (χ0n) is 4.63. The fraction of sp³-hybridized carbons (Fsp3) is 0.200. The Morgan fingerprint density at radius 3 is 2.44 bits per heavy atom. The van der Waals surface area contributed by atoms with Crippen LogP contribution in [0, 0.1) is 0 Å². The van der Waals surface area contributed by atoms with Crippen LogP contribution in [0.1, 0.15) is 4.88 Å². The predicted molar refractivity (Wildman–Crippen MR) is 50.2 cm³/mol. The van der Waals surface area contributed by atoms with E-state index in [1.54, 1.807) is 11.3 Å². The SMILES string of the molecule is Br.NCc1ccc(Br)s1. The summed E-state index contributed by atoms with van der Waals surface area (Å²) in [7, 11) is 0. The van der Waals surface area contributed by atoms with Crippen LogP contribution < -0.4 is 5.73 Å². The van der Waals surface area contributed by atoms with Crippen molar-refractivity contribution >= 4 is 44.2 Å². The van der Waals surface area contributed by atoms with Gasteiger partial charge in [-0.05, 0) is 28.1 Å². The first-order valence-electron chi connectivity index (χ1n) is 2.27. The lowest BCUT2D eigenvalue weighted by molar-refractivity contribution is 1.11. The number of rotatable bonds is 1. The first-order chi connectivity index (χ1) is 3.83. The van der Waals surface area contributed by atoms with Crippen LogP contribution in [-0.4, -0.2) is 0 Å². The van der Waals surface area contributed by atoms with Gasteiger partial charge in [-0.1, -0.05) is 0 Å². The Morgan fingerprint density at radius 2 is 2.22 bits per heavy atom. The lowest BCUT2D eigenvalue weighted by Gasteiger charge is -1.80. The van der Waals surface area contributed by atoms with Crippen molar-refractivity contribution in [1.29, 1.82) is 0 Å². The second kappa shape index (κ2) is 4.44. The van der Waals surface area contributed by atoms with Gasteiger partial charge in [0.1, 0.15) is 0 Å². The summed E-state index contributed by atoms with van der Waals surface area (Å²) in [5.74, 6) is 0. The van der Waals surface area contributed by atoms with E-state index in [0.29, 0.717) is 6.54 Å². The molecule has 9 heavy (non-hydrogen) atoms. The zero-order valence-corrected chi connectivity index (χ0v) is 8.75. The highest BCUT2D eigenvalue weighted by molar-refractivity contribution is 9.11. The third kappa shape index (κ3) is 2.80. The summed E-state index contributed by atoms with van der Waals surface area (Å²) in [5, 5.41) is 0. The molecule has 0 saturated heterocycles. The maximum absolute atomic E-state index is 5.35. The van der Waals surface area contributed by atoms with Crippen LogP contribution in [0.2, 0.25) is 0 Å². The van der Waals surface area contributed by atoms with Gasteiger partial charge in [0, 0.05) is 11.4 Å². The second-order valence-corrected chi connectivity index (χ2v) is 3.96. The standard InChI is InChI=1S/C5H6BrNS.BrH/c6-5-2-1-4(3-7)8-5;/h1-2H,3,7H2;1H. The van der Waals surface area contributed by atoms with Crippen LogP contribution in [0.15, 0.2) is 15.9 Å². The molecule has 0 aliphatic heterocycles. The summed E-state index contributed by atoms with van der Waals surface area (Å²) in [6.07, 6.45) is 0. The van der Waals surface area contributed by atoms with Gasteiger partial charge < -0.3 is 5.73 Å². The summed E-state index contributed by atoms with van der Waals surface area (Å²) in [5.41, 5.74) is 5.35. The number of hydrogen-bond donors (Lipinski definition) is 1. The summed E-state index contributed by atoms with van der Waals surface area (Å²) >= 11 is 5.02. The van der Waals surface area contributed by atoms with E-state index in [4.69, 9.17) is 5.73 Å². The molecular weight excluding hydrogens is 266 g/mol. The molecular formula is C5H7Br2NS. The zero-order chi connectivity index (χ0) is 5.98. The molecule has 0 unspecified atom stereocenters. The van der Waals surface area contributed by atoms with Crippen LogP contribution in [0.5, 0.6) is 0 Å². The molecule has 1 aromatic heterocycles. The van der Waals surface area contributed by atoms with Gasteiger partial charge >= 0.3 is 0 Å². The minimum atomic E-state index is 0. The molecule has 1 heterocycles. The largest absolute Gasteiger partial charge is 0.326 e. The Labute approximate surface area is 77.2 Å². The number of halogens is 2. The minimum Gasteiger partial charge on any atom is -0.326 e. The molecule has 0 atom stereocenters. The van der Waals surface area contributed by atoms with Gasteiger partial charge in [-0.2, -0.15) is 0 Å². The lowest BCUT2D eigenvalue weighted by atomic mass is 10.5. The Hall–Kier alpha value is 0.620. The monoisotopic (exact) mass is 271 g/mol. The van der Waals surface area contributed by atoms with E-state index >= 15 is 0 Å². The molecule has 52 valence electrons. The van der Waals surface area contributed by atoms with E-state index in [1.807, 2.05) is 12.1 Å². The van der Waals surface area contributed by atoms with Gasteiger partial charge in [0.15, 0.2) is 0 Å². The maximum atomic E-state index is 5.35. The van der Waals surface area contributed by atoms with Gasteiger partial charge in [0.2, 0.25) is 0 Å². The molecule has 0 saturated carbocycles. The number of hydrogen-bond acceptors (Lipinski definition) is 2. The molecule has 2 N–H and O–H groups in total. The van der Waals surface area contributed by atoms with E-state index in [1.165, 1.54) is 4.88 Å². The Bertz CT molecular complexity index is 175. The molecule has 0 aliphatic carbocycles. The third-order valence-electron chi connectivity index (χ3n) is 0.830. The van der Waals surface area contributed by atoms with Crippen molar-refractivity contribution in [3.8, 4) is 0 Å². The van der Waals surface area contributed by atoms with Crippen LogP contribution >= 0.6 is 44.2 Å². The van der Waals surface area contributed by atoms with Crippen LogP contribution in [0.3, 0.4) is 0 Å². The van der Waals surface area contributed by atoms with Gasteiger partial charge in [-0.15, -0.1) is 28.3 Å². The Morgan fingerprint density at radius 1 is 1.56 bits per heavy atom. The average molecular weight is 273 g/mol. The molecule has 0 aliphatic rings. The fourth-order valence-corrected chi connectivity index (χ4v) is 1.82. The molecule has 0 amide bonds. The smallest absolute Gasteiger partial charge is 0.0701 e. The first-order valence-corrected chi connectivity index (χ1v) is 3.88. The second-order valence-electron chi connectivity index (χ2n) is 1.41. The van der Waals surface area contributed by atoms with Crippen LogP contribution in [0.4, 0.5) is 0 Å². The van der Waals surface area contributed by atoms with E-state index in [2.05, 4.69) is 15.9 Å². The molecule has 0 aromatic carbocycles. The molecule has 1 aromatic rings. The summed E-state index contributed by atoms with van der Waals surface area (Å²) in [4.78, 5) is 1.22. The topological polar surface area (TPSA) is 26.0 Å². The van der Waals surface area contributed by atoms with Crippen molar-refractivity contribution in [2.45, 2.75) is 6.54 Å². The third-order valence-corrected chi connectivity index (χ3v) is 2.48. The van der Waals surface area contributed by atoms with Crippen LogP contribution in [0.25, 0.3) is 0 Å². The van der Waals surface area contributed by atoms with E-state index in [0.717, 1.165) is 3.79 Å². The molecule has 0 radical (unpaired) electrons. The number of nitrogens with two attached hydrogens (primary N) is 1. The highest BCUT2D eigenvalue weighted by atomic mass is 79.9. The molecule has 0 fully saturated rings. The van der Waals surface area contributed by atoms with Gasteiger partial charge in [0.25, 0.3) is 0 Å². The highest BCUT2D eigenvalue weighted by Gasteiger charge is 1.91. The van der Waals surface area contributed by atoms with Crippen LogP contribution in [-0.2, 0) is 6.54 Å². The molecule has 0 bridgehead atoms. The molecule has 0 spiro atoms. The molecule has 1 rings (SSSR count). The first kappa shape index (κ1) is 9.62. The van der Waals surface area contributed by atoms with Crippen molar-refractivity contribution < 1.29 is 0 Å². The molecule has 1 nitrogen and oxygen atoms in total. The van der Waals surface area contributed by atoms with Gasteiger partial charge in [-0.25, -0.2) is 0 Å². The maximum Gasteiger partial charge on any atom is 0.0701 e. The fourth-order valence-electron chi connectivity index (χ4n) is 0.461. The van der Waals surface area contributed by atoms with Gasteiger partial charge in [0.05, 0.1) is 3.79 Å². The van der Waals surface area contributed by atoms with E-state index < -0.39 is 0 Å². The quantitative estimate of drug-likeness (QED) is 0.836. The summed E-state index contributed by atoms with van der Waals surface area (Å²) in [6.45, 7) is 0.649. The van der Waals surface area contributed by atoms with Crippen molar-refractivity contribution in [2.75, 3.05) is 0 Å². The lowest BCUT2D eigenvalue weighted by Crippen LogP contribution is -1.90. The van der Waals surface area contributed by atoms with E-state index in [-0.39, 0.29) is 17.0 Å². The van der Waals surface area contributed by atoms with Gasteiger partial charge in [-0.3, -0.25) is 0 Å². The van der Waals surface area contributed by atoms with Crippen molar-refractivity contribution in [2.24, 2.45) is 5.73 Å². The Kier molecular flexibility index (Phi) is 4.74. The normalized spacial score (nSPS) is 8.67. The Balaban J connectivity index is 0.000000640. The van der Waals surface area contributed by atoms with Crippen molar-refractivity contribution in [3.05, 3.63) is 20.8 Å². The van der Waals surface area contributed by atoms with E-state index in [9.17, 15) is 0 Å². The number of thiophene rings is 1. The summed E-state index contributed by atoms with van der Waals surface area (Å²) in [6, 6.07) is 4.03. The minimum absolute atomic E-state index is 0. The highest BCUT2D eigenvalue weighted by Crippen LogP contribution is 2.20. The van der Waals surface area contributed by atoms with Crippen molar-refractivity contribution in [1.82, 2.24) is 0 Å². The van der Waals surface area contributed by atoms with Crippen molar-refractivity contribution in [3.63, 3.8) is 0 Å². The average Bonchev–Trinajstić information content (AvgIpc) is 2.14. The summed E-state index contributed by atoms with van der Waals surface area (Å²) < 4.78 is 1.15. The predicted octanol–water partition coefficient (Wildman–Crippen LogP) is 2.55. The molecule has 4 heteroatoms.